The number of rotatable bonds is 8. The third-order valence-corrected chi connectivity index (χ3v) is 5.36. The summed E-state index contributed by atoms with van der Waals surface area (Å²) in [6.07, 6.45) is 1.66. The van der Waals surface area contributed by atoms with E-state index in [1.54, 1.807) is 25.5 Å². The van der Waals surface area contributed by atoms with Crippen molar-refractivity contribution in [3.63, 3.8) is 0 Å². The van der Waals surface area contributed by atoms with E-state index in [-0.39, 0.29) is 12.3 Å². The maximum Gasteiger partial charge on any atom is 0.269 e. The lowest BCUT2D eigenvalue weighted by Crippen LogP contribution is -2.01. The zero-order valence-corrected chi connectivity index (χ0v) is 19.1. The van der Waals surface area contributed by atoms with Crippen LogP contribution in [-0.2, 0) is 6.61 Å². The number of hydrazone groups is 1. The summed E-state index contributed by atoms with van der Waals surface area (Å²) in [5, 5.41) is 15.0. The summed E-state index contributed by atoms with van der Waals surface area (Å²) in [6, 6.07) is 17.7. The van der Waals surface area contributed by atoms with Crippen molar-refractivity contribution in [2.75, 3.05) is 12.5 Å². The lowest BCUT2D eigenvalue weighted by Gasteiger charge is -2.13. The average molecular weight is 543 g/mol. The Labute approximate surface area is 196 Å². The minimum atomic E-state index is -0.431. The third-order valence-electron chi connectivity index (χ3n) is 4.56. The minimum absolute atomic E-state index is 0.0424. The van der Waals surface area contributed by atoms with Crippen molar-refractivity contribution < 1.29 is 14.4 Å². The van der Waals surface area contributed by atoms with Gasteiger partial charge in [-0.2, -0.15) is 5.10 Å². The summed E-state index contributed by atoms with van der Waals surface area (Å²) in [4.78, 5) is 17.9. The van der Waals surface area contributed by atoms with Gasteiger partial charge in [0.15, 0.2) is 11.5 Å². The number of aromatic amines is 1. The predicted molar refractivity (Wildman–Crippen MR) is 130 cm³/mol. The third kappa shape index (κ3) is 4.97. The molecule has 0 spiro atoms. The molecule has 0 fully saturated rings. The van der Waals surface area contributed by atoms with E-state index in [0.29, 0.717) is 17.4 Å². The lowest BCUT2D eigenvalue weighted by molar-refractivity contribution is -0.384. The molecule has 0 saturated heterocycles. The molecule has 32 heavy (non-hydrogen) atoms. The molecule has 3 aromatic carbocycles. The molecular weight excluding hydrogens is 525 g/mol. The number of methoxy groups -OCH3 is 1. The molecular formula is C22H18IN5O4. The highest BCUT2D eigenvalue weighted by atomic mass is 127. The first-order valence-electron chi connectivity index (χ1n) is 9.51. The van der Waals surface area contributed by atoms with Crippen LogP contribution in [-0.4, -0.2) is 28.2 Å². The smallest absolute Gasteiger partial charge is 0.269 e. The predicted octanol–water partition coefficient (Wildman–Crippen LogP) is 5.11. The van der Waals surface area contributed by atoms with Gasteiger partial charge in [0.25, 0.3) is 5.69 Å². The molecule has 1 heterocycles. The number of aromatic nitrogens is 2. The first-order chi connectivity index (χ1) is 15.5. The zero-order valence-electron chi connectivity index (χ0n) is 16.9. The Kier molecular flexibility index (Phi) is 6.50. The van der Waals surface area contributed by atoms with Crippen molar-refractivity contribution in [3.8, 4) is 11.5 Å². The van der Waals surface area contributed by atoms with E-state index >= 15 is 0 Å². The van der Waals surface area contributed by atoms with Gasteiger partial charge in [0, 0.05) is 12.1 Å². The Bertz CT molecular complexity index is 1250. The van der Waals surface area contributed by atoms with Gasteiger partial charge in [0.05, 0.1) is 32.9 Å². The number of nitro benzene ring substituents is 1. The molecule has 0 saturated carbocycles. The molecule has 0 radical (unpaired) electrons. The highest BCUT2D eigenvalue weighted by molar-refractivity contribution is 14.1. The van der Waals surface area contributed by atoms with E-state index in [1.807, 2.05) is 36.4 Å². The minimum Gasteiger partial charge on any atom is -0.493 e. The van der Waals surface area contributed by atoms with Crippen molar-refractivity contribution in [2.24, 2.45) is 5.10 Å². The van der Waals surface area contributed by atoms with Crippen LogP contribution < -0.4 is 14.9 Å². The number of fused-ring (bicyclic) bond motifs is 1. The van der Waals surface area contributed by atoms with Crippen molar-refractivity contribution in [2.45, 2.75) is 6.61 Å². The van der Waals surface area contributed by atoms with E-state index in [0.717, 1.165) is 25.7 Å². The van der Waals surface area contributed by atoms with E-state index in [2.05, 4.69) is 43.1 Å². The quantitative estimate of drug-likeness (QED) is 0.138. The van der Waals surface area contributed by atoms with Gasteiger partial charge in [0.2, 0.25) is 5.95 Å². The number of imidazole rings is 1. The number of halogens is 1. The number of nitrogens with one attached hydrogen (secondary N) is 2. The normalized spacial score (nSPS) is 11.1. The number of hydrogen-bond donors (Lipinski definition) is 2. The molecule has 0 aliphatic rings. The maximum atomic E-state index is 10.8. The Morgan fingerprint density at radius 3 is 2.72 bits per heavy atom. The van der Waals surface area contributed by atoms with Gasteiger partial charge in [-0.05, 0) is 70.1 Å². The molecule has 0 aliphatic heterocycles. The molecule has 2 N–H and O–H groups in total. The standard InChI is InChI=1S/C22H18IN5O4/c1-31-20-11-15(12-24-27-22-25-18-4-2-3-5-19(18)26-22)10-17(23)21(20)32-13-14-6-8-16(9-7-14)28(29)30/h2-12H,13H2,1H3,(H2,25,26,27)/b24-12-. The fraction of sp³-hybridized carbons (Fsp3) is 0.0909. The van der Waals surface area contributed by atoms with Crippen LogP contribution in [0.15, 0.2) is 65.8 Å². The number of para-hydroxylation sites is 2. The molecule has 9 nitrogen and oxygen atoms in total. The summed E-state index contributed by atoms with van der Waals surface area (Å²) >= 11 is 2.17. The number of benzene rings is 3. The van der Waals surface area contributed by atoms with Crippen LogP contribution in [0.1, 0.15) is 11.1 Å². The summed E-state index contributed by atoms with van der Waals surface area (Å²) in [7, 11) is 1.57. The first-order valence-corrected chi connectivity index (χ1v) is 10.6. The fourth-order valence-corrected chi connectivity index (χ4v) is 3.78. The highest BCUT2D eigenvalue weighted by Gasteiger charge is 2.12. The van der Waals surface area contributed by atoms with Crippen molar-refractivity contribution in [1.82, 2.24) is 9.97 Å². The van der Waals surface area contributed by atoms with E-state index in [1.165, 1.54) is 12.1 Å². The van der Waals surface area contributed by atoms with Gasteiger partial charge < -0.3 is 14.5 Å². The van der Waals surface area contributed by atoms with Crippen LogP contribution in [0.5, 0.6) is 11.5 Å². The number of anilines is 1. The molecule has 4 aromatic rings. The second-order valence-electron chi connectivity index (χ2n) is 6.72. The number of nitrogens with zero attached hydrogens (tertiary/aromatic N) is 3. The van der Waals surface area contributed by atoms with Crippen molar-refractivity contribution in [3.05, 3.63) is 85.5 Å². The van der Waals surface area contributed by atoms with E-state index < -0.39 is 4.92 Å². The lowest BCUT2D eigenvalue weighted by atomic mass is 10.2. The zero-order chi connectivity index (χ0) is 22.5. The van der Waals surface area contributed by atoms with Gasteiger partial charge in [-0.3, -0.25) is 10.1 Å². The van der Waals surface area contributed by atoms with E-state index in [9.17, 15) is 10.1 Å². The van der Waals surface area contributed by atoms with Gasteiger partial charge in [0.1, 0.15) is 6.61 Å². The second kappa shape index (κ2) is 9.64. The average Bonchev–Trinajstić information content (AvgIpc) is 3.21. The molecule has 0 unspecified atom stereocenters. The van der Waals surface area contributed by atoms with Crippen LogP contribution in [0.4, 0.5) is 11.6 Å². The number of ether oxygens (including phenoxy) is 2. The highest BCUT2D eigenvalue weighted by Crippen LogP contribution is 2.34. The van der Waals surface area contributed by atoms with E-state index in [4.69, 9.17) is 9.47 Å². The van der Waals surface area contributed by atoms with Crippen LogP contribution in [0, 0.1) is 13.7 Å². The van der Waals surface area contributed by atoms with Gasteiger partial charge in [-0.15, -0.1) is 0 Å². The Balaban J connectivity index is 1.45. The van der Waals surface area contributed by atoms with Crippen LogP contribution in [0.25, 0.3) is 11.0 Å². The van der Waals surface area contributed by atoms with Crippen molar-refractivity contribution >= 4 is 51.5 Å². The Morgan fingerprint density at radius 1 is 1.22 bits per heavy atom. The molecule has 1 aromatic heterocycles. The number of nitro groups is 1. The van der Waals surface area contributed by atoms with Gasteiger partial charge in [-0.25, -0.2) is 10.4 Å². The van der Waals surface area contributed by atoms with Gasteiger partial charge >= 0.3 is 0 Å². The number of H-pyrrole nitrogens is 1. The van der Waals surface area contributed by atoms with Crippen LogP contribution in [0.3, 0.4) is 0 Å². The monoisotopic (exact) mass is 543 g/mol. The molecule has 10 heteroatoms. The first kappa shape index (κ1) is 21.6. The van der Waals surface area contributed by atoms with Crippen molar-refractivity contribution in [1.29, 1.82) is 0 Å². The fourth-order valence-electron chi connectivity index (χ4n) is 3.00. The molecule has 0 bridgehead atoms. The summed E-state index contributed by atoms with van der Waals surface area (Å²) in [6.45, 7) is 0.255. The molecule has 4 rings (SSSR count). The second-order valence-corrected chi connectivity index (χ2v) is 7.88. The Morgan fingerprint density at radius 2 is 2.00 bits per heavy atom. The topological polar surface area (TPSA) is 115 Å². The molecule has 0 aliphatic carbocycles. The molecule has 0 amide bonds. The number of hydrogen-bond acceptors (Lipinski definition) is 7. The largest absolute Gasteiger partial charge is 0.493 e. The summed E-state index contributed by atoms with van der Waals surface area (Å²) < 4.78 is 12.3. The number of non-ortho nitro benzene ring substituents is 1. The van der Waals surface area contributed by atoms with Gasteiger partial charge in [-0.1, -0.05) is 12.1 Å². The van der Waals surface area contributed by atoms with Crippen LogP contribution >= 0.6 is 22.6 Å². The summed E-state index contributed by atoms with van der Waals surface area (Å²) in [5.41, 5.74) is 6.35. The van der Waals surface area contributed by atoms with Crippen LogP contribution in [0.2, 0.25) is 0 Å². The summed E-state index contributed by atoms with van der Waals surface area (Å²) in [5.74, 6) is 1.70. The molecule has 0 atom stereocenters. The maximum absolute atomic E-state index is 10.8. The Hall–Kier alpha value is -3.67. The SMILES string of the molecule is COc1cc(/C=N\Nc2nc3ccccc3[nH]2)cc(I)c1OCc1ccc([N+](=O)[O-])cc1. The molecule has 162 valence electrons.